The van der Waals surface area contributed by atoms with Crippen molar-refractivity contribution in [3.63, 3.8) is 0 Å². The summed E-state index contributed by atoms with van der Waals surface area (Å²) in [6, 6.07) is 6.64. The van der Waals surface area contributed by atoms with E-state index in [1.807, 2.05) is 0 Å². The molecule has 0 amide bonds. The number of hydrogen-bond donors (Lipinski definition) is 2. The highest BCUT2D eigenvalue weighted by Gasteiger charge is 2.31. The van der Waals surface area contributed by atoms with E-state index in [2.05, 4.69) is 0 Å². The number of benzene rings is 2. The van der Waals surface area contributed by atoms with Gasteiger partial charge in [-0.3, -0.25) is 9.11 Å². The van der Waals surface area contributed by atoms with Crippen molar-refractivity contribution in [3.8, 4) is 0 Å². The molecule has 2 aromatic carbocycles. The highest BCUT2D eigenvalue weighted by Crippen LogP contribution is 2.32. The summed E-state index contributed by atoms with van der Waals surface area (Å²) in [6.45, 7) is 0. The molecule has 0 saturated heterocycles. The topological polar surface area (TPSA) is 143 Å². The molecule has 0 aliphatic heterocycles. The van der Waals surface area contributed by atoms with Crippen LogP contribution in [-0.4, -0.2) is 34.4 Å². The van der Waals surface area contributed by atoms with Crippen LogP contribution >= 0.6 is 11.6 Å². The lowest BCUT2D eigenvalue weighted by Gasteiger charge is -2.11. The molecule has 0 bridgehead atoms. The molecule has 0 aliphatic rings. The van der Waals surface area contributed by atoms with Crippen molar-refractivity contribution >= 4 is 41.7 Å². The minimum atomic E-state index is -4.97. The molecule has 24 heavy (non-hydrogen) atoms. The van der Waals surface area contributed by atoms with Gasteiger partial charge >= 0.3 is 0 Å². The van der Waals surface area contributed by atoms with Gasteiger partial charge in [-0.1, -0.05) is 23.7 Å². The second-order valence-corrected chi connectivity index (χ2v) is 9.59. The Morgan fingerprint density at radius 1 is 0.667 bits per heavy atom. The van der Waals surface area contributed by atoms with Gasteiger partial charge in [-0.15, -0.1) is 0 Å². The monoisotopic (exact) mass is 412 g/mol. The van der Waals surface area contributed by atoms with Gasteiger partial charge < -0.3 is 0 Å². The van der Waals surface area contributed by atoms with Gasteiger partial charge in [0, 0.05) is 5.02 Å². The summed E-state index contributed by atoms with van der Waals surface area (Å²) in [5.41, 5.74) is 0. The second-order valence-electron chi connectivity index (χ2n) is 4.49. The number of sulfone groups is 1. The molecule has 0 unspecified atom stereocenters. The lowest BCUT2D eigenvalue weighted by atomic mass is 10.4. The Hall–Kier alpha value is -1.50. The van der Waals surface area contributed by atoms with Gasteiger partial charge in [0.15, 0.2) is 0 Å². The molecule has 0 heterocycles. The van der Waals surface area contributed by atoms with Gasteiger partial charge in [0.1, 0.15) is 9.79 Å². The van der Waals surface area contributed by atoms with Crippen LogP contribution in [0.5, 0.6) is 0 Å². The van der Waals surface area contributed by atoms with E-state index in [9.17, 15) is 34.4 Å². The Kier molecular flexibility index (Phi) is 4.78. The molecular formula is C12H9ClO8S3. The van der Waals surface area contributed by atoms with Gasteiger partial charge in [0.2, 0.25) is 9.84 Å². The molecule has 0 atom stereocenters. The van der Waals surface area contributed by atoms with Crippen molar-refractivity contribution < 1.29 is 34.4 Å². The standard InChI is InChI=1S/C12H9ClO8S3/c13-8-5-6-10(12(7-8)24(19,20)21)22(14,15)9-3-1-2-4-11(9)23(16,17)18/h1-7H,(H,16,17,18)(H,19,20,21). The van der Waals surface area contributed by atoms with Crippen LogP contribution < -0.4 is 0 Å². The first-order valence-electron chi connectivity index (χ1n) is 5.94. The van der Waals surface area contributed by atoms with Gasteiger partial charge in [0.25, 0.3) is 20.2 Å². The van der Waals surface area contributed by atoms with Crippen LogP contribution in [-0.2, 0) is 30.1 Å². The van der Waals surface area contributed by atoms with Crippen LogP contribution in [0.2, 0.25) is 5.02 Å². The molecule has 2 rings (SSSR count). The van der Waals surface area contributed by atoms with Gasteiger partial charge in [-0.05, 0) is 30.3 Å². The summed E-state index contributed by atoms with van der Waals surface area (Å²) in [5, 5.41) is -0.162. The maximum Gasteiger partial charge on any atom is 0.295 e. The van der Waals surface area contributed by atoms with Crippen LogP contribution in [0.15, 0.2) is 62.0 Å². The minimum absolute atomic E-state index is 0.162. The number of hydrogen-bond acceptors (Lipinski definition) is 6. The van der Waals surface area contributed by atoms with Crippen molar-refractivity contribution in [1.29, 1.82) is 0 Å². The summed E-state index contributed by atoms with van der Waals surface area (Å²) < 4.78 is 89.4. The van der Waals surface area contributed by atoms with Crippen molar-refractivity contribution in [2.45, 2.75) is 19.6 Å². The van der Waals surface area contributed by atoms with E-state index in [0.717, 1.165) is 24.3 Å². The van der Waals surface area contributed by atoms with Crippen LogP contribution in [0.4, 0.5) is 0 Å². The van der Waals surface area contributed by atoms with Crippen molar-refractivity contribution in [3.05, 3.63) is 47.5 Å². The Labute approximate surface area is 143 Å². The fourth-order valence-corrected chi connectivity index (χ4v) is 6.01. The third kappa shape index (κ3) is 3.61. The fourth-order valence-electron chi connectivity index (χ4n) is 1.91. The zero-order valence-corrected chi connectivity index (χ0v) is 14.7. The zero-order valence-electron chi connectivity index (χ0n) is 11.5. The van der Waals surface area contributed by atoms with Gasteiger partial charge in [-0.2, -0.15) is 16.8 Å². The molecule has 12 heteroatoms. The molecular weight excluding hydrogens is 404 g/mol. The molecule has 2 N–H and O–H groups in total. The van der Waals surface area contributed by atoms with E-state index in [0.29, 0.717) is 6.07 Å². The zero-order chi connectivity index (χ0) is 18.3. The Morgan fingerprint density at radius 2 is 1.12 bits per heavy atom. The normalized spacial score (nSPS) is 13.0. The molecule has 0 aliphatic carbocycles. The smallest absolute Gasteiger partial charge is 0.282 e. The van der Waals surface area contributed by atoms with Crippen molar-refractivity contribution in [1.82, 2.24) is 0 Å². The van der Waals surface area contributed by atoms with E-state index < -0.39 is 49.7 Å². The Morgan fingerprint density at radius 3 is 1.62 bits per heavy atom. The van der Waals surface area contributed by atoms with Crippen LogP contribution in [0, 0.1) is 0 Å². The van der Waals surface area contributed by atoms with Crippen LogP contribution in [0.3, 0.4) is 0 Å². The third-order valence-electron chi connectivity index (χ3n) is 2.89. The quantitative estimate of drug-likeness (QED) is 0.721. The predicted octanol–water partition coefficient (Wildman–Crippen LogP) is 1.67. The molecule has 0 saturated carbocycles. The lowest BCUT2D eigenvalue weighted by Crippen LogP contribution is -2.13. The first-order valence-corrected chi connectivity index (χ1v) is 10.7. The first-order chi connectivity index (χ1) is 10.8. The largest absolute Gasteiger partial charge is 0.295 e. The third-order valence-corrected chi connectivity index (χ3v) is 7.06. The average molecular weight is 413 g/mol. The molecule has 8 nitrogen and oxygen atoms in total. The van der Waals surface area contributed by atoms with Gasteiger partial charge in [0.05, 0.1) is 9.79 Å². The van der Waals surface area contributed by atoms with E-state index >= 15 is 0 Å². The SMILES string of the molecule is O=S(=O)(O)c1ccccc1S(=O)(=O)c1ccc(Cl)cc1S(=O)(=O)O. The fraction of sp³-hybridized carbons (Fsp3) is 0. The summed E-state index contributed by atoms with van der Waals surface area (Å²) in [7, 11) is -14.6. The molecule has 130 valence electrons. The van der Waals surface area contributed by atoms with E-state index in [-0.39, 0.29) is 5.02 Å². The lowest BCUT2D eigenvalue weighted by molar-refractivity contribution is 0.479. The highest BCUT2D eigenvalue weighted by atomic mass is 35.5. The van der Waals surface area contributed by atoms with Crippen molar-refractivity contribution in [2.75, 3.05) is 0 Å². The van der Waals surface area contributed by atoms with Gasteiger partial charge in [-0.25, -0.2) is 8.42 Å². The predicted molar refractivity (Wildman–Crippen MR) is 83.0 cm³/mol. The number of rotatable bonds is 4. The van der Waals surface area contributed by atoms with E-state index in [1.54, 1.807) is 0 Å². The second kappa shape index (κ2) is 6.10. The summed E-state index contributed by atoms with van der Waals surface area (Å²) in [5.74, 6) is 0. The molecule has 0 radical (unpaired) electrons. The summed E-state index contributed by atoms with van der Waals surface area (Å²) >= 11 is 5.62. The van der Waals surface area contributed by atoms with E-state index in [4.69, 9.17) is 11.6 Å². The first kappa shape index (κ1) is 18.8. The highest BCUT2D eigenvalue weighted by molar-refractivity contribution is 7.94. The summed E-state index contributed by atoms with van der Waals surface area (Å²) in [6.07, 6.45) is 0. The molecule has 2 aromatic rings. The van der Waals surface area contributed by atoms with Crippen molar-refractivity contribution in [2.24, 2.45) is 0 Å². The molecule has 0 aromatic heterocycles. The molecule has 0 fully saturated rings. The Bertz CT molecular complexity index is 1120. The minimum Gasteiger partial charge on any atom is -0.282 e. The molecule has 0 spiro atoms. The average Bonchev–Trinajstić information content (AvgIpc) is 2.45. The number of halogens is 1. The summed E-state index contributed by atoms with van der Waals surface area (Å²) in [4.78, 5) is -3.67. The maximum absolute atomic E-state index is 12.7. The van der Waals surface area contributed by atoms with Crippen LogP contribution in [0.1, 0.15) is 0 Å². The van der Waals surface area contributed by atoms with Crippen LogP contribution in [0.25, 0.3) is 0 Å². The van der Waals surface area contributed by atoms with E-state index in [1.165, 1.54) is 12.1 Å². The Balaban J connectivity index is 2.90. The maximum atomic E-state index is 12.7.